The van der Waals surface area contributed by atoms with Gasteiger partial charge in [-0.1, -0.05) is 30.9 Å². The first kappa shape index (κ1) is 20.1. The molecule has 1 aliphatic heterocycles. The Balaban J connectivity index is 1.83. The Labute approximate surface area is 165 Å². The van der Waals surface area contributed by atoms with Crippen LogP contribution in [0.1, 0.15) is 24.1 Å². The Morgan fingerprint density at radius 2 is 2.04 bits per heavy atom. The zero-order valence-corrected chi connectivity index (χ0v) is 15.7. The second-order valence-electron chi connectivity index (χ2n) is 6.75. The molecule has 0 saturated heterocycles. The molecule has 5 nitrogen and oxygen atoms in total. The quantitative estimate of drug-likeness (QED) is 0.644. The van der Waals surface area contributed by atoms with Crippen molar-refractivity contribution in [3.63, 3.8) is 0 Å². The SMILES string of the molecule is C=C(CO)C1=CCB(O)OC1CC/C(=C/c1ccc(O)cc1)c1ccccn1. The van der Waals surface area contributed by atoms with E-state index in [1.54, 1.807) is 18.3 Å². The van der Waals surface area contributed by atoms with E-state index in [0.29, 0.717) is 24.7 Å². The molecule has 6 heteroatoms. The first-order valence-electron chi connectivity index (χ1n) is 9.30. The summed E-state index contributed by atoms with van der Waals surface area (Å²) in [4.78, 5) is 4.46. The van der Waals surface area contributed by atoms with Gasteiger partial charge in [-0.3, -0.25) is 4.98 Å². The third kappa shape index (κ3) is 5.20. The molecular formula is C22H24BNO4. The average Bonchev–Trinajstić information content (AvgIpc) is 2.72. The highest BCUT2D eigenvalue weighted by Gasteiger charge is 2.28. The zero-order valence-electron chi connectivity index (χ0n) is 15.7. The van der Waals surface area contributed by atoms with E-state index in [9.17, 15) is 15.2 Å². The van der Waals surface area contributed by atoms with Gasteiger partial charge in [-0.2, -0.15) is 0 Å². The maximum atomic E-state index is 9.89. The number of hydrogen-bond acceptors (Lipinski definition) is 5. The Bertz CT molecular complexity index is 862. The van der Waals surface area contributed by atoms with Crippen molar-refractivity contribution in [3.8, 4) is 5.75 Å². The van der Waals surface area contributed by atoms with Crippen LogP contribution in [0.2, 0.25) is 6.32 Å². The third-order valence-electron chi connectivity index (χ3n) is 4.71. The largest absolute Gasteiger partial charge is 0.508 e. The number of phenols is 1. The maximum absolute atomic E-state index is 9.89. The molecule has 0 fully saturated rings. The number of hydrogen-bond donors (Lipinski definition) is 3. The fourth-order valence-electron chi connectivity index (χ4n) is 3.25. The number of phenolic OH excluding ortho intramolecular Hbond substituents is 1. The fraction of sp³-hybridized carbons (Fsp3) is 0.227. The molecule has 1 atom stereocenters. The molecule has 144 valence electrons. The number of rotatable bonds is 7. The van der Waals surface area contributed by atoms with Gasteiger partial charge in [0.05, 0.1) is 18.4 Å². The molecule has 2 heterocycles. The van der Waals surface area contributed by atoms with Crippen molar-refractivity contribution in [3.05, 3.63) is 83.7 Å². The predicted molar refractivity (Wildman–Crippen MR) is 111 cm³/mol. The fourth-order valence-corrected chi connectivity index (χ4v) is 3.25. The van der Waals surface area contributed by atoms with E-state index in [-0.39, 0.29) is 18.5 Å². The topological polar surface area (TPSA) is 82.8 Å². The van der Waals surface area contributed by atoms with Gasteiger partial charge in [-0.05, 0) is 65.5 Å². The third-order valence-corrected chi connectivity index (χ3v) is 4.71. The maximum Gasteiger partial charge on any atom is 0.458 e. The van der Waals surface area contributed by atoms with Gasteiger partial charge in [-0.25, -0.2) is 0 Å². The number of aliphatic hydroxyl groups excluding tert-OH is 1. The molecule has 1 aromatic carbocycles. The van der Waals surface area contributed by atoms with Crippen molar-refractivity contribution < 1.29 is 19.9 Å². The van der Waals surface area contributed by atoms with Gasteiger partial charge in [0, 0.05) is 12.5 Å². The van der Waals surface area contributed by atoms with Gasteiger partial charge in [0.1, 0.15) is 5.75 Å². The number of benzene rings is 1. The minimum atomic E-state index is -0.848. The van der Waals surface area contributed by atoms with E-state index in [2.05, 4.69) is 11.6 Å². The van der Waals surface area contributed by atoms with Crippen LogP contribution in [0.25, 0.3) is 11.6 Å². The molecule has 0 bridgehead atoms. The van der Waals surface area contributed by atoms with Gasteiger partial charge in [0.25, 0.3) is 0 Å². The van der Waals surface area contributed by atoms with Crippen molar-refractivity contribution in [1.82, 2.24) is 4.98 Å². The highest BCUT2D eigenvalue weighted by Crippen LogP contribution is 2.30. The molecule has 1 unspecified atom stereocenters. The molecule has 0 amide bonds. The van der Waals surface area contributed by atoms with E-state index >= 15 is 0 Å². The summed E-state index contributed by atoms with van der Waals surface area (Å²) in [6, 6.07) is 12.7. The summed E-state index contributed by atoms with van der Waals surface area (Å²) in [5, 5.41) is 28.8. The molecular weight excluding hydrogens is 353 g/mol. The molecule has 1 aromatic heterocycles. The van der Waals surface area contributed by atoms with Crippen LogP contribution in [-0.4, -0.2) is 40.1 Å². The van der Waals surface area contributed by atoms with Crippen LogP contribution in [-0.2, 0) is 4.65 Å². The Kier molecular flexibility index (Phi) is 6.82. The summed E-state index contributed by atoms with van der Waals surface area (Å²) in [5.41, 5.74) is 4.29. The molecule has 3 rings (SSSR count). The van der Waals surface area contributed by atoms with Crippen molar-refractivity contribution in [2.45, 2.75) is 25.3 Å². The first-order chi connectivity index (χ1) is 13.6. The van der Waals surface area contributed by atoms with E-state index < -0.39 is 7.12 Å². The van der Waals surface area contributed by atoms with E-state index in [4.69, 9.17) is 4.65 Å². The van der Waals surface area contributed by atoms with E-state index in [0.717, 1.165) is 22.4 Å². The van der Waals surface area contributed by atoms with Crippen LogP contribution in [0.4, 0.5) is 0 Å². The van der Waals surface area contributed by atoms with Gasteiger partial charge >= 0.3 is 7.12 Å². The van der Waals surface area contributed by atoms with Crippen molar-refractivity contribution >= 4 is 18.8 Å². The Morgan fingerprint density at radius 3 is 2.71 bits per heavy atom. The molecule has 0 radical (unpaired) electrons. The number of aromatic hydroxyl groups is 1. The lowest BCUT2D eigenvalue weighted by Crippen LogP contribution is -2.32. The normalized spacial score (nSPS) is 17.4. The average molecular weight is 377 g/mol. The summed E-state index contributed by atoms with van der Waals surface area (Å²) in [5.74, 6) is 0.221. The zero-order chi connectivity index (χ0) is 19.9. The minimum absolute atomic E-state index is 0.141. The summed E-state index contributed by atoms with van der Waals surface area (Å²) in [7, 11) is -0.848. The Morgan fingerprint density at radius 1 is 1.25 bits per heavy atom. The van der Waals surface area contributed by atoms with E-state index in [1.807, 2.05) is 42.5 Å². The molecule has 0 aliphatic carbocycles. The van der Waals surface area contributed by atoms with Crippen LogP contribution in [0.15, 0.2) is 72.5 Å². The van der Waals surface area contributed by atoms with Crippen LogP contribution in [0.3, 0.4) is 0 Å². The standard InChI is InChI=1S/C22H24BNO4/c1-16(15-25)20-11-12-23(27)28-22(20)10-7-18(21-4-2-3-13-24-21)14-17-5-8-19(26)9-6-17/h2-6,8-9,11,13-14,22,25-27H,1,7,10,12,15H2/b18-14-. The molecule has 0 spiro atoms. The number of allylic oxidation sites excluding steroid dienone is 2. The second-order valence-corrected chi connectivity index (χ2v) is 6.75. The van der Waals surface area contributed by atoms with Gasteiger partial charge in [-0.15, -0.1) is 0 Å². The molecule has 1 aliphatic rings. The molecule has 3 N–H and O–H groups in total. The highest BCUT2D eigenvalue weighted by atomic mass is 16.5. The van der Waals surface area contributed by atoms with Gasteiger partial charge < -0.3 is 19.9 Å². The first-order valence-corrected chi connectivity index (χ1v) is 9.30. The molecule has 0 saturated carbocycles. The van der Waals surface area contributed by atoms with Crippen molar-refractivity contribution in [1.29, 1.82) is 0 Å². The summed E-state index contributed by atoms with van der Waals surface area (Å²) >= 11 is 0. The van der Waals surface area contributed by atoms with E-state index in [1.165, 1.54) is 0 Å². The van der Waals surface area contributed by atoms with Crippen LogP contribution in [0.5, 0.6) is 5.75 Å². The van der Waals surface area contributed by atoms with Gasteiger partial charge in [0.15, 0.2) is 0 Å². The summed E-state index contributed by atoms with van der Waals surface area (Å²) in [6.45, 7) is 3.76. The summed E-state index contributed by atoms with van der Waals surface area (Å²) in [6.07, 6.45) is 7.00. The smallest absolute Gasteiger partial charge is 0.458 e. The van der Waals surface area contributed by atoms with Crippen LogP contribution >= 0.6 is 0 Å². The van der Waals surface area contributed by atoms with Crippen LogP contribution < -0.4 is 0 Å². The van der Waals surface area contributed by atoms with Crippen molar-refractivity contribution in [2.24, 2.45) is 0 Å². The number of pyridine rings is 1. The Hall–Kier alpha value is -2.67. The number of aromatic nitrogens is 1. The predicted octanol–water partition coefficient (Wildman–Crippen LogP) is 3.46. The number of nitrogens with zero attached hydrogens (tertiary/aromatic N) is 1. The lowest BCUT2D eigenvalue weighted by Gasteiger charge is -2.28. The van der Waals surface area contributed by atoms with Gasteiger partial charge in [0.2, 0.25) is 0 Å². The lowest BCUT2D eigenvalue weighted by atomic mass is 9.78. The van der Waals surface area contributed by atoms with Crippen molar-refractivity contribution in [2.75, 3.05) is 6.61 Å². The second kappa shape index (κ2) is 9.51. The lowest BCUT2D eigenvalue weighted by molar-refractivity contribution is 0.182. The minimum Gasteiger partial charge on any atom is -0.508 e. The molecule has 2 aromatic rings. The number of aliphatic hydroxyl groups is 1. The monoisotopic (exact) mass is 377 g/mol. The summed E-state index contributed by atoms with van der Waals surface area (Å²) < 4.78 is 5.71. The molecule has 28 heavy (non-hydrogen) atoms. The van der Waals surface area contributed by atoms with Crippen LogP contribution in [0, 0.1) is 0 Å². The highest BCUT2D eigenvalue weighted by molar-refractivity contribution is 6.43.